The fraction of sp³-hybridized carbons (Fsp3) is 0.167. The second kappa shape index (κ2) is 5.91. The smallest absolute Gasteiger partial charge is 0.471 e. The Morgan fingerprint density at radius 2 is 2.00 bits per heavy atom. The lowest BCUT2D eigenvalue weighted by atomic mass is 10.1. The molecule has 0 atom stereocenters. The Morgan fingerprint density at radius 1 is 1.32 bits per heavy atom. The lowest BCUT2D eigenvalue weighted by Gasteiger charge is -2.03. The lowest BCUT2D eigenvalue weighted by Crippen LogP contribution is -2.36. The van der Waals surface area contributed by atoms with Crippen LogP contribution in [0.5, 0.6) is 0 Å². The number of benzene rings is 1. The van der Waals surface area contributed by atoms with Gasteiger partial charge in [-0.15, -0.1) is 0 Å². The molecule has 0 aliphatic carbocycles. The predicted octanol–water partition coefficient (Wildman–Crippen LogP) is 1.41. The molecule has 7 heteroatoms. The molecule has 4 nitrogen and oxygen atoms in total. The van der Waals surface area contributed by atoms with Crippen LogP contribution in [0.25, 0.3) is 0 Å². The number of halogens is 3. The van der Waals surface area contributed by atoms with Gasteiger partial charge in [-0.3, -0.25) is 4.79 Å². The number of hydrogen-bond donors (Lipinski definition) is 2. The summed E-state index contributed by atoms with van der Waals surface area (Å²) < 4.78 is 35.4. The minimum absolute atomic E-state index is 0.0196. The number of nitrogens with one attached hydrogen (secondary N) is 1. The van der Waals surface area contributed by atoms with Crippen molar-refractivity contribution in [1.29, 1.82) is 0 Å². The maximum absolute atomic E-state index is 11.8. The van der Waals surface area contributed by atoms with E-state index in [4.69, 9.17) is 5.11 Å². The second-order valence-corrected chi connectivity index (χ2v) is 3.37. The second-order valence-electron chi connectivity index (χ2n) is 3.37. The molecule has 0 saturated carbocycles. The molecule has 2 N–H and O–H groups in total. The van der Waals surface area contributed by atoms with E-state index in [0.717, 1.165) is 0 Å². The number of carbonyl (C=O) groups is 2. The van der Waals surface area contributed by atoms with Gasteiger partial charge in [0.15, 0.2) is 0 Å². The first kappa shape index (κ1) is 14.6. The molecule has 0 bridgehead atoms. The first-order valence-electron chi connectivity index (χ1n) is 4.98. The molecule has 0 spiro atoms. The van der Waals surface area contributed by atoms with Crippen molar-refractivity contribution in [1.82, 2.24) is 5.32 Å². The van der Waals surface area contributed by atoms with Crippen molar-refractivity contribution in [3.63, 3.8) is 0 Å². The summed E-state index contributed by atoms with van der Waals surface area (Å²) in [7, 11) is 0. The number of carboxylic acid groups (broad SMARTS) is 1. The van der Waals surface area contributed by atoms with Crippen molar-refractivity contribution in [3.8, 4) is 11.8 Å². The summed E-state index contributed by atoms with van der Waals surface area (Å²) in [6, 6.07) is 5.60. The maximum atomic E-state index is 11.8. The fourth-order valence-electron chi connectivity index (χ4n) is 1.10. The first-order valence-corrected chi connectivity index (χ1v) is 4.98. The highest BCUT2D eigenvalue weighted by atomic mass is 19.4. The first-order chi connectivity index (χ1) is 8.80. The summed E-state index contributed by atoms with van der Waals surface area (Å²) in [6.45, 7) is -0.477. The van der Waals surface area contributed by atoms with Gasteiger partial charge in [-0.05, 0) is 18.2 Å². The zero-order chi connectivity index (χ0) is 14.5. The van der Waals surface area contributed by atoms with Gasteiger partial charge in [0.2, 0.25) is 0 Å². The highest BCUT2D eigenvalue weighted by molar-refractivity contribution is 5.88. The van der Waals surface area contributed by atoms with E-state index in [1.165, 1.54) is 24.3 Å². The molecule has 19 heavy (non-hydrogen) atoms. The van der Waals surface area contributed by atoms with E-state index >= 15 is 0 Å². The third-order valence-corrected chi connectivity index (χ3v) is 1.94. The van der Waals surface area contributed by atoms with E-state index in [1.54, 1.807) is 5.32 Å². The summed E-state index contributed by atoms with van der Waals surface area (Å²) in [5.41, 5.74) is 0.354. The lowest BCUT2D eigenvalue weighted by molar-refractivity contribution is -0.173. The van der Waals surface area contributed by atoms with Gasteiger partial charge in [0.25, 0.3) is 0 Å². The Hall–Kier alpha value is -2.49. The molecular formula is C12H8F3NO3. The van der Waals surface area contributed by atoms with Crippen molar-refractivity contribution in [2.24, 2.45) is 0 Å². The SMILES string of the molecule is O=C(O)c1cccc(C#CCNC(=O)C(F)(F)F)c1. The fourth-order valence-corrected chi connectivity index (χ4v) is 1.10. The maximum Gasteiger partial charge on any atom is 0.471 e. The molecule has 1 rings (SSSR count). The van der Waals surface area contributed by atoms with Crippen LogP contribution < -0.4 is 5.32 Å². The Morgan fingerprint density at radius 3 is 2.58 bits per heavy atom. The zero-order valence-electron chi connectivity index (χ0n) is 9.41. The van der Waals surface area contributed by atoms with Crippen LogP contribution in [0.15, 0.2) is 24.3 Å². The number of rotatable bonds is 2. The van der Waals surface area contributed by atoms with Crippen molar-refractivity contribution in [3.05, 3.63) is 35.4 Å². The van der Waals surface area contributed by atoms with Gasteiger partial charge in [-0.2, -0.15) is 13.2 Å². The summed E-state index contributed by atoms with van der Waals surface area (Å²) in [5.74, 6) is 1.55. The molecule has 1 amide bonds. The molecule has 0 heterocycles. The minimum Gasteiger partial charge on any atom is -0.478 e. The molecule has 0 radical (unpaired) electrons. The molecule has 1 aromatic rings. The van der Waals surface area contributed by atoms with Crippen LogP contribution in [0.4, 0.5) is 13.2 Å². The number of aromatic carboxylic acids is 1. The van der Waals surface area contributed by atoms with Gasteiger partial charge in [0.1, 0.15) is 0 Å². The zero-order valence-corrected chi connectivity index (χ0v) is 9.41. The van der Waals surface area contributed by atoms with Crippen LogP contribution in [-0.4, -0.2) is 29.7 Å². The molecule has 0 aliphatic rings. The van der Waals surface area contributed by atoms with Crippen LogP contribution in [0.1, 0.15) is 15.9 Å². The Bertz CT molecular complexity index is 555. The molecule has 0 saturated heterocycles. The topological polar surface area (TPSA) is 66.4 Å². The summed E-state index contributed by atoms with van der Waals surface area (Å²) >= 11 is 0. The predicted molar refractivity (Wildman–Crippen MR) is 59.3 cm³/mol. The van der Waals surface area contributed by atoms with Crippen molar-refractivity contribution < 1.29 is 27.9 Å². The quantitative estimate of drug-likeness (QED) is 0.799. The van der Waals surface area contributed by atoms with Crippen LogP contribution in [0.2, 0.25) is 0 Å². The van der Waals surface area contributed by atoms with Gasteiger partial charge in [-0.1, -0.05) is 17.9 Å². The van der Waals surface area contributed by atoms with Gasteiger partial charge in [0, 0.05) is 5.56 Å². The molecule has 0 aliphatic heterocycles. The Kier molecular flexibility index (Phi) is 4.53. The van der Waals surface area contributed by atoms with E-state index in [9.17, 15) is 22.8 Å². The van der Waals surface area contributed by atoms with Gasteiger partial charge in [-0.25, -0.2) is 4.79 Å². The standard InChI is InChI=1S/C12H8F3NO3/c13-12(14,15)11(19)16-6-2-4-8-3-1-5-9(7-8)10(17)18/h1,3,5,7H,6H2,(H,16,19)(H,17,18). The molecule has 0 aromatic heterocycles. The van der Waals surface area contributed by atoms with E-state index in [1.807, 2.05) is 0 Å². The van der Waals surface area contributed by atoms with Gasteiger partial charge in [0.05, 0.1) is 12.1 Å². The number of carbonyl (C=O) groups excluding carboxylic acids is 1. The minimum atomic E-state index is -4.94. The van der Waals surface area contributed by atoms with Crippen molar-refractivity contribution >= 4 is 11.9 Å². The van der Waals surface area contributed by atoms with Crippen LogP contribution in [-0.2, 0) is 4.79 Å². The van der Waals surface area contributed by atoms with Crippen molar-refractivity contribution in [2.45, 2.75) is 6.18 Å². The molecule has 100 valence electrons. The number of amides is 1. The average Bonchev–Trinajstić information content (AvgIpc) is 2.33. The van der Waals surface area contributed by atoms with E-state index in [0.29, 0.717) is 5.56 Å². The van der Waals surface area contributed by atoms with Gasteiger partial charge >= 0.3 is 18.1 Å². The largest absolute Gasteiger partial charge is 0.478 e. The summed E-state index contributed by atoms with van der Waals surface area (Å²) in [4.78, 5) is 21.1. The molecule has 0 unspecified atom stereocenters. The molecular weight excluding hydrogens is 263 g/mol. The van der Waals surface area contributed by atoms with Crippen LogP contribution in [0.3, 0.4) is 0 Å². The van der Waals surface area contributed by atoms with E-state index < -0.39 is 24.6 Å². The van der Waals surface area contributed by atoms with Crippen LogP contribution >= 0.6 is 0 Å². The highest BCUT2D eigenvalue weighted by Gasteiger charge is 2.38. The van der Waals surface area contributed by atoms with Gasteiger partial charge < -0.3 is 10.4 Å². The monoisotopic (exact) mass is 271 g/mol. The molecule has 1 aromatic carbocycles. The Balaban J connectivity index is 2.62. The number of carboxylic acids is 1. The Labute approximate surface area is 106 Å². The third-order valence-electron chi connectivity index (χ3n) is 1.94. The summed E-state index contributed by atoms with van der Waals surface area (Å²) in [6.07, 6.45) is -4.94. The normalized spacial score (nSPS) is 10.3. The highest BCUT2D eigenvalue weighted by Crippen LogP contribution is 2.13. The van der Waals surface area contributed by atoms with E-state index in [2.05, 4.69) is 11.8 Å². The van der Waals surface area contributed by atoms with E-state index in [-0.39, 0.29) is 5.56 Å². The number of alkyl halides is 3. The average molecular weight is 271 g/mol. The summed E-state index contributed by atoms with van der Waals surface area (Å²) in [5, 5.41) is 10.3. The third kappa shape index (κ3) is 4.71. The molecule has 0 fully saturated rings. The van der Waals surface area contributed by atoms with Crippen molar-refractivity contribution in [2.75, 3.05) is 6.54 Å². The number of hydrogen-bond acceptors (Lipinski definition) is 2. The van der Waals surface area contributed by atoms with Crippen LogP contribution in [0, 0.1) is 11.8 Å².